The molecule has 3 nitrogen and oxygen atoms in total. The highest BCUT2D eigenvalue weighted by molar-refractivity contribution is 5.92. The van der Waals surface area contributed by atoms with E-state index in [-0.39, 0.29) is 0 Å². The molecule has 1 aliphatic rings. The molecule has 1 saturated carbocycles. The third-order valence-corrected chi connectivity index (χ3v) is 2.42. The first-order valence-corrected chi connectivity index (χ1v) is 4.91. The lowest BCUT2D eigenvalue weighted by Gasteiger charge is -2.04. The molecule has 0 aliphatic heterocycles. The minimum absolute atomic E-state index is 0.436. The van der Waals surface area contributed by atoms with Gasteiger partial charge in [-0.2, -0.15) is 0 Å². The van der Waals surface area contributed by atoms with Crippen molar-refractivity contribution in [3.8, 4) is 0 Å². The van der Waals surface area contributed by atoms with Crippen molar-refractivity contribution in [3.63, 3.8) is 0 Å². The molecule has 2 unspecified atom stereocenters. The monoisotopic (exact) mass is 189 g/mol. The second-order valence-electron chi connectivity index (χ2n) is 3.79. The van der Waals surface area contributed by atoms with E-state index in [9.17, 15) is 0 Å². The fourth-order valence-electron chi connectivity index (χ4n) is 1.36. The molecule has 2 rings (SSSR count). The van der Waals surface area contributed by atoms with Gasteiger partial charge in [-0.15, -0.1) is 0 Å². The van der Waals surface area contributed by atoms with Gasteiger partial charge in [0.1, 0.15) is 0 Å². The van der Waals surface area contributed by atoms with Gasteiger partial charge >= 0.3 is 0 Å². The fraction of sp³-hybridized carbons (Fsp3) is 0.364. The van der Waals surface area contributed by atoms with Crippen LogP contribution in [0.1, 0.15) is 13.3 Å². The first-order chi connectivity index (χ1) is 6.75. The topological polar surface area (TPSA) is 50.4 Å². The number of para-hydroxylation sites is 1. The summed E-state index contributed by atoms with van der Waals surface area (Å²) in [6, 6.07) is 10.3. The number of benzene rings is 1. The Labute approximate surface area is 84.0 Å². The minimum Gasteiger partial charge on any atom is -0.370 e. The molecular formula is C11H15N3. The lowest BCUT2D eigenvalue weighted by atomic mass is 10.3. The van der Waals surface area contributed by atoms with Crippen LogP contribution in [0, 0.1) is 5.92 Å². The van der Waals surface area contributed by atoms with Crippen LogP contribution in [0.25, 0.3) is 0 Å². The molecule has 0 amide bonds. The van der Waals surface area contributed by atoms with Gasteiger partial charge in [0, 0.05) is 5.69 Å². The number of rotatable bonds is 2. The second kappa shape index (κ2) is 3.70. The van der Waals surface area contributed by atoms with Crippen molar-refractivity contribution in [1.29, 1.82) is 0 Å². The third-order valence-electron chi connectivity index (χ3n) is 2.42. The Morgan fingerprint density at radius 2 is 2.07 bits per heavy atom. The van der Waals surface area contributed by atoms with Crippen molar-refractivity contribution in [2.75, 3.05) is 5.32 Å². The summed E-state index contributed by atoms with van der Waals surface area (Å²) in [5.74, 6) is 1.22. The molecule has 0 spiro atoms. The largest absolute Gasteiger partial charge is 0.370 e. The highest BCUT2D eigenvalue weighted by Gasteiger charge is 2.32. The number of aliphatic imine (C=N–C) groups is 1. The van der Waals surface area contributed by atoms with Crippen molar-refractivity contribution in [1.82, 2.24) is 0 Å². The number of anilines is 1. The van der Waals surface area contributed by atoms with Crippen LogP contribution in [0.5, 0.6) is 0 Å². The van der Waals surface area contributed by atoms with Gasteiger partial charge in [-0.05, 0) is 24.5 Å². The molecule has 14 heavy (non-hydrogen) atoms. The molecular weight excluding hydrogens is 174 g/mol. The Hall–Kier alpha value is -1.51. The van der Waals surface area contributed by atoms with Crippen molar-refractivity contribution in [2.24, 2.45) is 16.6 Å². The van der Waals surface area contributed by atoms with Crippen LogP contribution >= 0.6 is 0 Å². The first kappa shape index (κ1) is 9.06. The smallest absolute Gasteiger partial charge is 0.193 e. The van der Waals surface area contributed by atoms with Gasteiger partial charge in [0.05, 0.1) is 6.04 Å². The summed E-state index contributed by atoms with van der Waals surface area (Å²) in [5, 5.41) is 3.06. The predicted molar refractivity (Wildman–Crippen MR) is 59.3 cm³/mol. The fourth-order valence-corrected chi connectivity index (χ4v) is 1.36. The third kappa shape index (κ3) is 2.25. The Morgan fingerprint density at radius 1 is 1.43 bits per heavy atom. The first-order valence-electron chi connectivity index (χ1n) is 4.91. The van der Waals surface area contributed by atoms with Crippen LogP contribution < -0.4 is 11.1 Å². The molecule has 0 radical (unpaired) electrons. The normalized spacial score (nSPS) is 25.9. The number of guanidine groups is 1. The number of hydrogen-bond donors (Lipinski definition) is 2. The van der Waals surface area contributed by atoms with Gasteiger partial charge in [0.25, 0.3) is 0 Å². The van der Waals surface area contributed by atoms with E-state index < -0.39 is 0 Å². The molecule has 1 aromatic carbocycles. The molecule has 0 saturated heterocycles. The summed E-state index contributed by atoms with van der Waals surface area (Å²) in [5.41, 5.74) is 6.74. The zero-order chi connectivity index (χ0) is 9.97. The lowest BCUT2D eigenvalue weighted by molar-refractivity contribution is 0.893. The highest BCUT2D eigenvalue weighted by atomic mass is 15.1. The van der Waals surface area contributed by atoms with Gasteiger partial charge in [-0.25, -0.2) is 4.99 Å². The molecule has 74 valence electrons. The van der Waals surface area contributed by atoms with E-state index >= 15 is 0 Å². The van der Waals surface area contributed by atoms with Crippen LogP contribution in [0.3, 0.4) is 0 Å². The van der Waals surface area contributed by atoms with E-state index in [1.165, 1.54) is 0 Å². The molecule has 1 aromatic rings. The van der Waals surface area contributed by atoms with E-state index in [0.29, 0.717) is 17.9 Å². The molecule has 1 aliphatic carbocycles. The predicted octanol–water partition coefficient (Wildman–Crippen LogP) is 1.82. The highest BCUT2D eigenvalue weighted by Crippen LogP contribution is 2.32. The summed E-state index contributed by atoms with van der Waals surface area (Å²) < 4.78 is 0. The Kier molecular flexibility index (Phi) is 2.39. The molecule has 0 bridgehead atoms. The van der Waals surface area contributed by atoms with Crippen molar-refractivity contribution in [3.05, 3.63) is 30.3 Å². The molecule has 3 N–H and O–H groups in total. The molecule has 2 atom stereocenters. The molecule has 3 heteroatoms. The van der Waals surface area contributed by atoms with Gasteiger partial charge < -0.3 is 11.1 Å². The zero-order valence-corrected chi connectivity index (χ0v) is 8.27. The Morgan fingerprint density at radius 3 is 2.64 bits per heavy atom. The summed E-state index contributed by atoms with van der Waals surface area (Å²) in [7, 11) is 0. The lowest BCUT2D eigenvalue weighted by Crippen LogP contribution is -2.23. The standard InChI is InChI=1S/C11H15N3/c1-8-7-10(8)14-11(12)13-9-5-3-2-4-6-9/h2-6,8,10H,7H2,1H3,(H3,12,13,14). The van der Waals surface area contributed by atoms with Crippen LogP contribution in [-0.4, -0.2) is 12.0 Å². The number of hydrogen-bond acceptors (Lipinski definition) is 1. The summed E-state index contributed by atoms with van der Waals surface area (Å²) in [6.45, 7) is 2.18. The summed E-state index contributed by atoms with van der Waals surface area (Å²) >= 11 is 0. The van der Waals surface area contributed by atoms with Gasteiger partial charge in [-0.1, -0.05) is 25.1 Å². The summed E-state index contributed by atoms with van der Waals surface area (Å²) in [4.78, 5) is 4.35. The van der Waals surface area contributed by atoms with Crippen molar-refractivity contribution < 1.29 is 0 Å². The average molecular weight is 189 g/mol. The molecule has 1 fully saturated rings. The van der Waals surface area contributed by atoms with E-state index in [4.69, 9.17) is 5.73 Å². The Balaban J connectivity index is 1.94. The van der Waals surface area contributed by atoms with E-state index in [0.717, 1.165) is 12.1 Å². The van der Waals surface area contributed by atoms with E-state index in [2.05, 4.69) is 17.2 Å². The van der Waals surface area contributed by atoms with E-state index in [1.54, 1.807) is 0 Å². The number of nitrogens with zero attached hydrogens (tertiary/aromatic N) is 1. The van der Waals surface area contributed by atoms with Crippen LogP contribution in [-0.2, 0) is 0 Å². The Bertz CT molecular complexity index is 332. The maximum absolute atomic E-state index is 5.75. The van der Waals surface area contributed by atoms with E-state index in [1.807, 2.05) is 30.3 Å². The quantitative estimate of drug-likeness (QED) is 0.550. The van der Waals surface area contributed by atoms with Crippen molar-refractivity contribution >= 4 is 11.6 Å². The van der Waals surface area contributed by atoms with Crippen LogP contribution in [0.15, 0.2) is 35.3 Å². The van der Waals surface area contributed by atoms with Gasteiger partial charge in [-0.3, -0.25) is 0 Å². The van der Waals surface area contributed by atoms with Gasteiger partial charge in [0.2, 0.25) is 0 Å². The summed E-state index contributed by atoms with van der Waals surface area (Å²) in [6.07, 6.45) is 1.16. The number of nitrogens with one attached hydrogen (secondary N) is 1. The van der Waals surface area contributed by atoms with Gasteiger partial charge in [0.15, 0.2) is 5.96 Å². The zero-order valence-electron chi connectivity index (χ0n) is 8.27. The van der Waals surface area contributed by atoms with Crippen LogP contribution in [0.2, 0.25) is 0 Å². The minimum atomic E-state index is 0.436. The maximum Gasteiger partial charge on any atom is 0.193 e. The molecule has 0 aromatic heterocycles. The SMILES string of the molecule is CC1CC1N=C(N)Nc1ccccc1. The maximum atomic E-state index is 5.75. The average Bonchev–Trinajstić information content (AvgIpc) is 2.83. The molecule has 0 heterocycles. The number of nitrogens with two attached hydrogens (primary N) is 1. The second-order valence-corrected chi connectivity index (χ2v) is 3.79. The van der Waals surface area contributed by atoms with Crippen LogP contribution in [0.4, 0.5) is 5.69 Å². The van der Waals surface area contributed by atoms with Crippen molar-refractivity contribution in [2.45, 2.75) is 19.4 Å².